The Bertz CT molecular complexity index is 271. The summed E-state index contributed by atoms with van der Waals surface area (Å²) in [4.78, 5) is 22.0. The number of nitrogens with two attached hydrogens (primary N) is 1. The molecule has 92 valence electrons. The summed E-state index contributed by atoms with van der Waals surface area (Å²) >= 11 is 0. The lowest BCUT2D eigenvalue weighted by Gasteiger charge is -2.36. The third kappa shape index (κ3) is 3.20. The number of aliphatic carboxylic acids is 1. The van der Waals surface area contributed by atoms with E-state index in [9.17, 15) is 9.59 Å². The Morgan fingerprint density at radius 1 is 1.50 bits per heavy atom. The average Bonchev–Trinajstić information content (AvgIpc) is 2.17. The summed E-state index contributed by atoms with van der Waals surface area (Å²) in [6, 6.07) is 0. The Hall–Kier alpha value is -1.10. The zero-order chi connectivity index (χ0) is 12.2. The van der Waals surface area contributed by atoms with Gasteiger partial charge in [0.1, 0.15) is 5.60 Å². The minimum Gasteiger partial charge on any atom is -0.481 e. The van der Waals surface area contributed by atoms with Gasteiger partial charge in [0.15, 0.2) is 0 Å². The molecule has 2 atom stereocenters. The van der Waals surface area contributed by atoms with Crippen LogP contribution in [-0.4, -0.2) is 29.2 Å². The quantitative estimate of drug-likeness (QED) is 0.733. The number of hydrogen-bond acceptors (Lipinski definition) is 3. The predicted octanol–water partition coefficient (Wildman–Crippen LogP) is 0.912. The van der Waals surface area contributed by atoms with Crippen molar-refractivity contribution in [1.29, 1.82) is 0 Å². The topological polar surface area (TPSA) is 89.6 Å². The van der Waals surface area contributed by atoms with E-state index < -0.39 is 17.5 Å². The Kier molecular flexibility index (Phi) is 4.29. The van der Waals surface area contributed by atoms with Crippen LogP contribution in [0.15, 0.2) is 0 Å². The Morgan fingerprint density at radius 2 is 2.19 bits per heavy atom. The number of carboxylic acid groups (broad SMARTS) is 1. The molecule has 3 N–H and O–H groups in total. The molecule has 0 aromatic carbocycles. The summed E-state index contributed by atoms with van der Waals surface area (Å²) in [6.45, 7) is 2.33. The van der Waals surface area contributed by atoms with Gasteiger partial charge in [-0.05, 0) is 31.6 Å². The summed E-state index contributed by atoms with van der Waals surface area (Å²) in [6.07, 6.45) is 2.88. The van der Waals surface area contributed by atoms with E-state index in [0.29, 0.717) is 19.4 Å². The molecule has 16 heavy (non-hydrogen) atoms. The molecule has 1 rings (SSSR count). The molecule has 5 heteroatoms. The van der Waals surface area contributed by atoms with Crippen molar-refractivity contribution in [1.82, 2.24) is 0 Å². The highest BCUT2D eigenvalue weighted by atomic mass is 16.5. The maximum absolute atomic E-state index is 11.4. The van der Waals surface area contributed by atoms with E-state index in [1.165, 1.54) is 0 Å². The van der Waals surface area contributed by atoms with Gasteiger partial charge in [-0.25, -0.2) is 0 Å². The Morgan fingerprint density at radius 3 is 2.62 bits per heavy atom. The van der Waals surface area contributed by atoms with Crippen molar-refractivity contribution in [2.24, 2.45) is 11.7 Å². The fourth-order valence-electron chi connectivity index (χ4n) is 2.24. The molecule has 0 spiro atoms. The summed E-state index contributed by atoms with van der Waals surface area (Å²) in [5, 5.41) is 8.68. The molecule has 1 heterocycles. The Balaban J connectivity index is 2.63. The van der Waals surface area contributed by atoms with Crippen LogP contribution in [0.2, 0.25) is 0 Å². The Labute approximate surface area is 95.0 Å². The molecule has 0 aromatic heterocycles. The van der Waals surface area contributed by atoms with E-state index in [-0.39, 0.29) is 12.3 Å². The molecule has 1 fully saturated rings. The van der Waals surface area contributed by atoms with E-state index in [1.807, 2.05) is 0 Å². The van der Waals surface area contributed by atoms with E-state index in [2.05, 4.69) is 0 Å². The van der Waals surface area contributed by atoms with E-state index in [0.717, 1.165) is 12.8 Å². The number of rotatable bonds is 5. The van der Waals surface area contributed by atoms with Crippen LogP contribution in [-0.2, 0) is 14.3 Å². The highest BCUT2D eigenvalue weighted by Gasteiger charge is 2.40. The third-order valence-corrected chi connectivity index (χ3v) is 3.00. The lowest BCUT2D eigenvalue weighted by Crippen LogP contribution is -2.49. The van der Waals surface area contributed by atoms with E-state index in [1.54, 1.807) is 6.92 Å². The molecule has 0 radical (unpaired) electrons. The van der Waals surface area contributed by atoms with Crippen LogP contribution < -0.4 is 5.73 Å². The van der Waals surface area contributed by atoms with Gasteiger partial charge in [-0.2, -0.15) is 0 Å². The summed E-state index contributed by atoms with van der Waals surface area (Å²) < 4.78 is 5.51. The zero-order valence-electron chi connectivity index (χ0n) is 9.57. The first-order valence-corrected chi connectivity index (χ1v) is 5.62. The fourth-order valence-corrected chi connectivity index (χ4v) is 2.24. The second kappa shape index (κ2) is 5.30. The highest BCUT2D eigenvalue weighted by Crippen LogP contribution is 2.32. The highest BCUT2D eigenvalue weighted by molar-refractivity contribution is 5.83. The normalized spacial score (nSPS) is 27.3. The molecule has 2 unspecified atom stereocenters. The van der Waals surface area contributed by atoms with Gasteiger partial charge in [0.2, 0.25) is 5.91 Å². The van der Waals surface area contributed by atoms with Crippen molar-refractivity contribution in [3.63, 3.8) is 0 Å². The summed E-state index contributed by atoms with van der Waals surface area (Å²) in [7, 11) is 0. The number of carbonyl (C=O) groups is 2. The van der Waals surface area contributed by atoms with Crippen LogP contribution in [0.4, 0.5) is 0 Å². The van der Waals surface area contributed by atoms with Crippen molar-refractivity contribution >= 4 is 11.9 Å². The van der Waals surface area contributed by atoms with Gasteiger partial charge in [0, 0.05) is 13.0 Å². The lowest BCUT2D eigenvalue weighted by molar-refractivity contribution is -0.154. The first-order chi connectivity index (χ1) is 7.46. The van der Waals surface area contributed by atoms with Crippen molar-refractivity contribution < 1.29 is 19.4 Å². The first-order valence-electron chi connectivity index (χ1n) is 5.62. The molecular weight excluding hydrogens is 210 g/mol. The molecule has 1 aliphatic rings. The maximum Gasteiger partial charge on any atom is 0.303 e. The molecule has 0 aliphatic carbocycles. The molecule has 1 saturated heterocycles. The van der Waals surface area contributed by atoms with Crippen molar-refractivity contribution in [2.45, 2.75) is 44.6 Å². The number of primary amides is 1. The number of ether oxygens (including phenoxy) is 1. The van der Waals surface area contributed by atoms with Gasteiger partial charge >= 0.3 is 5.97 Å². The molecule has 0 aromatic rings. The van der Waals surface area contributed by atoms with Gasteiger partial charge in [-0.15, -0.1) is 0 Å². The van der Waals surface area contributed by atoms with E-state index in [4.69, 9.17) is 15.6 Å². The van der Waals surface area contributed by atoms with Gasteiger partial charge in [0.05, 0.1) is 0 Å². The third-order valence-electron chi connectivity index (χ3n) is 3.00. The second-order valence-electron chi connectivity index (χ2n) is 4.57. The second-order valence-corrected chi connectivity index (χ2v) is 4.57. The molecule has 0 saturated carbocycles. The molecular formula is C11H19NO4. The van der Waals surface area contributed by atoms with E-state index >= 15 is 0 Å². The minimum absolute atomic E-state index is 0.0401. The van der Waals surface area contributed by atoms with Crippen LogP contribution in [0.1, 0.15) is 39.0 Å². The molecule has 5 nitrogen and oxygen atoms in total. The molecule has 0 bridgehead atoms. The standard InChI is InChI=1S/C11H19NO4/c1-8(6-9(13)14)7-11(10(12)15)4-2-3-5-16-11/h8H,2-7H2,1H3,(H2,12,15)(H,13,14). The van der Waals surface area contributed by atoms with Gasteiger partial charge in [-0.3, -0.25) is 9.59 Å². The maximum atomic E-state index is 11.4. The number of carbonyl (C=O) groups excluding carboxylic acids is 1. The average molecular weight is 229 g/mol. The first kappa shape index (κ1) is 13.0. The monoisotopic (exact) mass is 229 g/mol. The van der Waals surface area contributed by atoms with Gasteiger partial charge in [-0.1, -0.05) is 6.92 Å². The SMILES string of the molecule is CC(CC(=O)O)CC1(C(N)=O)CCCCO1. The van der Waals surface area contributed by atoms with Gasteiger partial charge in [0.25, 0.3) is 0 Å². The lowest BCUT2D eigenvalue weighted by atomic mass is 9.83. The molecule has 1 aliphatic heterocycles. The van der Waals surface area contributed by atoms with Crippen LogP contribution >= 0.6 is 0 Å². The largest absolute Gasteiger partial charge is 0.481 e. The number of hydrogen-bond donors (Lipinski definition) is 2. The smallest absolute Gasteiger partial charge is 0.303 e. The van der Waals surface area contributed by atoms with Crippen LogP contribution in [0, 0.1) is 5.92 Å². The van der Waals surface area contributed by atoms with Crippen LogP contribution in [0.5, 0.6) is 0 Å². The fraction of sp³-hybridized carbons (Fsp3) is 0.818. The van der Waals surface area contributed by atoms with Crippen LogP contribution in [0.3, 0.4) is 0 Å². The van der Waals surface area contributed by atoms with Crippen LogP contribution in [0.25, 0.3) is 0 Å². The van der Waals surface area contributed by atoms with Crippen molar-refractivity contribution in [2.75, 3.05) is 6.61 Å². The number of amides is 1. The summed E-state index contributed by atoms with van der Waals surface area (Å²) in [5.41, 5.74) is 4.43. The predicted molar refractivity (Wildman–Crippen MR) is 57.8 cm³/mol. The number of carboxylic acids is 1. The molecule has 1 amide bonds. The van der Waals surface area contributed by atoms with Crippen molar-refractivity contribution in [3.8, 4) is 0 Å². The minimum atomic E-state index is -0.937. The van der Waals surface area contributed by atoms with Crippen molar-refractivity contribution in [3.05, 3.63) is 0 Å². The zero-order valence-corrected chi connectivity index (χ0v) is 9.57. The van der Waals surface area contributed by atoms with Gasteiger partial charge < -0.3 is 15.6 Å². The summed E-state index contributed by atoms with van der Waals surface area (Å²) in [5.74, 6) is -1.43.